The standard InChI is InChI=1S/C32H33F3N2O3/c1-20-4-3-5-23(21(20)2)19-37(25-8-9-25)32(38)28-18-36-13-12-27(28)22-6-10-26(11-7-22)39-14-15-40-31-29(34)16-24(33)17-30(31)35/h3-7,10-11,16-17,25,36H,8-9,12-15,18-19H2,1-2H3. The second-order valence-corrected chi connectivity index (χ2v) is 10.3. The van der Waals surface area contributed by atoms with Crippen LogP contribution in [0.4, 0.5) is 13.2 Å². The number of ether oxygens (including phenoxy) is 2. The van der Waals surface area contributed by atoms with E-state index in [1.807, 2.05) is 17.0 Å². The molecule has 1 heterocycles. The van der Waals surface area contributed by atoms with E-state index in [1.165, 1.54) is 16.7 Å². The number of nitrogens with zero attached hydrogens (tertiary/aromatic N) is 1. The van der Waals surface area contributed by atoms with Crippen molar-refractivity contribution in [1.82, 2.24) is 10.2 Å². The van der Waals surface area contributed by atoms with Gasteiger partial charge in [0, 0.05) is 36.8 Å². The van der Waals surface area contributed by atoms with Crippen molar-refractivity contribution in [2.45, 2.75) is 45.7 Å². The first-order valence-corrected chi connectivity index (χ1v) is 13.6. The minimum atomic E-state index is -1.10. The Bertz CT molecular complexity index is 1390. The van der Waals surface area contributed by atoms with Gasteiger partial charge >= 0.3 is 0 Å². The summed E-state index contributed by atoms with van der Waals surface area (Å²) in [4.78, 5) is 15.9. The Hall–Kier alpha value is -3.78. The van der Waals surface area contributed by atoms with Crippen LogP contribution in [0.5, 0.6) is 11.5 Å². The largest absolute Gasteiger partial charge is 0.490 e. The monoisotopic (exact) mass is 550 g/mol. The zero-order valence-corrected chi connectivity index (χ0v) is 22.7. The van der Waals surface area contributed by atoms with Crippen molar-refractivity contribution in [2.24, 2.45) is 0 Å². The van der Waals surface area contributed by atoms with Crippen LogP contribution in [0.2, 0.25) is 0 Å². The average molecular weight is 551 g/mol. The summed E-state index contributed by atoms with van der Waals surface area (Å²) in [6.07, 6.45) is 2.80. The van der Waals surface area contributed by atoms with Crippen molar-refractivity contribution in [3.63, 3.8) is 0 Å². The Morgan fingerprint density at radius 2 is 1.68 bits per heavy atom. The normalized spacial score (nSPS) is 15.2. The molecule has 0 atom stereocenters. The van der Waals surface area contributed by atoms with Crippen LogP contribution in [0, 0.1) is 31.3 Å². The molecule has 0 bridgehead atoms. The molecule has 1 N–H and O–H groups in total. The maximum absolute atomic E-state index is 13.9. The third-order valence-electron chi connectivity index (χ3n) is 7.55. The number of aryl methyl sites for hydroxylation is 1. The lowest BCUT2D eigenvalue weighted by atomic mass is 9.93. The summed E-state index contributed by atoms with van der Waals surface area (Å²) in [7, 11) is 0. The van der Waals surface area contributed by atoms with E-state index >= 15 is 0 Å². The molecule has 1 amide bonds. The van der Waals surface area contributed by atoms with E-state index in [9.17, 15) is 18.0 Å². The highest BCUT2D eigenvalue weighted by atomic mass is 19.1. The third-order valence-corrected chi connectivity index (χ3v) is 7.55. The number of nitrogens with one attached hydrogen (secondary N) is 1. The molecule has 8 heteroatoms. The van der Waals surface area contributed by atoms with Gasteiger partial charge < -0.3 is 19.7 Å². The second kappa shape index (κ2) is 12.2. The first-order chi connectivity index (χ1) is 19.3. The smallest absolute Gasteiger partial charge is 0.251 e. The molecular formula is C32H33F3N2O3. The molecule has 0 unspecified atom stereocenters. The van der Waals surface area contributed by atoms with Crippen LogP contribution < -0.4 is 14.8 Å². The zero-order chi connectivity index (χ0) is 28.2. The van der Waals surface area contributed by atoms with Crippen LogP contribution in [0.15, 0.2) is 60.2 Å². The molecule has 2 aliphatic rings. The van der Waals surface area contributed by atoms with Gasteiger partial charge in [0.15, 0.2) is 17.4 Å². The van der Waals surface area contributed by atoms with E-state index in [0.29, 0.717) is 31.0 Å². The lowest BCUT2D eigenvalue weighted by Crippen LogP contribution is -2.39. The third kappa shape index (κ3) is 6.33. The Morgan fingerprint density at radius 1 is 0.975 bits per heavy atom. The molecule has 5 nitrogen and oxygen atoms in total. The maximum atomic E-state index is 13.9. The Labute approximate surface area is 232 Å². The molecule has 0 saturated heterocycles. The summed E-state index contributed by atoms with van der Waals surface area (Å²) < 4.78 is 51.3. The number of halogens is 3. The molecule has 1 aliphatic carbocycles. The second-order valence-electron chi connectivity index (χ2n) is 10.3. The van der Waals surface area contributed by atoms with E-state index in [-0.39, 0.29) is 25.2 Å². The quantitative estimate of drug-likeness (QED) is 0.309. The fourth-order valence-corrected chi connectivity index (χ4v) is 5.02. The van der Waals surface area contributed by atoms with Crippen LogP contribution in [0.3, 0.4) is 0 Å². The van der Waals surface area contributed by atoms with Crippen LogP contribution >= 0.6 is 0 Å². The maximum Gasteiger partial charge on any atom is 0.251 e. The van der Waals surface area contributed by atoms with Crippen molar-refractivity contribution < 1.29 is 27.4 Å². The van der Waals surface area contributed by atoms with Gasteiger partial charge in [0.25, 0.3) is 5.91 Å². The summed E-state index contributed by atoms with van der Waals surface area (Å²) in [6, 6.07) is 15.1. The highest BCUT2D eigenvalue weighted by Gasteiger charge is 2.35. The molecule has 5 rings (SSSR count). The lowest BCUT2D eigenvalue weighted by Gasteiger charge is -2.29. The Kier molecular flexibility index (Phi) is 8.45. The van der Waals surface area contributed by atoms with Gasteiger partial charge in [-0.1, -0.05) is 30.3 Å². The number of benzene rings is 3. The summed E-state index contributed by atoms with van der Waals surface area (Å²) in [5.41, 5.74) is 6.43. The summed E-state index contributed by atoms with van der Waals surface area (Å²) in [6.45, 7) is 6.06. The Morgan fingerprint density at radius 3 is 2.38 bits per heavy atom. The van der Waals surface area contributed by atoms with Crippen molar-refractivity contribution in [1.29, 1.82) is 0 Å². The van der Waals surface area contributed by atoms with Gasteiger partial charge in [-0.15, -0.1) is 0 Å². The van der Waals surface area contributed by atoms with Crippen molar-refractivity contribution in [3.05, 3.63) is 99.9 Å². The number of hydrogen-bond donors (Lipinski definition) is 1. The summed E-state index contributed by atoms with van der Waals surface area (Å²) >= 11 is 0. The van der Waals surface area contributed by atoms with Gasteiger partial charge in [0.2, 0.25) is 0 Å². The molecular weight excluding hydrogens is 517 g/mol. The summed E-state index contributed by atoms with van der Waals surface area (Å²) in [5.74, 6) is -3.19. The predicted octanol–water partition coefficient (Wildman–Crippen LogP) is 6.12. The first-order valence-electron chi connectivity index (χ1n) is 13.6. The minimum absolute atomic E-state index is 0.0423. The van der Waals surface area contributed by atoms with Crippen molar-refractivity contribution in [2.75, 3.05) is 26.3 Å². The fourth-order valence-electron chi connectivity index (χ4n) is 5.02. The van der Waals surface area contributed by atoms with E-state index in [4.69, 9.17) is 9.47 Å². The van der Waals surface area contributed by atoms with E-state index in [2.05, 4.69) is 37.4 Å². The lowest BCUT2D eigenvalue weighted by molar-refractivity contribution is -0.128. The molecule has 1 aliphatic heterocycles. The molecule has 3 aromatic rings. The molecule has 1 fully saturated rings. The number of carbonyl (C=O) groups excluding carboxylic acids is 1. The van der Waals surface area contributed by atoms with Gasteiger partial charge in [-0.05, 0) is 79.6 Å². The summed E-state index contributed by atoms with van der Waals surface area (Å²) in [5, 5.41) is 3.37. The van der Waals surface area contributed by atoms with Crippen LogP contribution in [0.25, 0.3) is 5.57 Å². The zero-order valence-electron chi connectivity index (χ0n) is 22.7. The fraction of sp³-hybridized carbons (Fsp3) is 0.344. The van der Waals surface area contributed by atoms with Gasteiger partial charge in [-0.25, -0.2) is 13.2 Å². The number of carbonyl (C=O) groups is 1. The molecule has 210 valence electrons. The molecule has 0 radical (unpaired) electrons. The predicted molar refractivity (Wildman–Crippen MR) is 148 cm³/mol. The van der Waals surface area contributed by atoms with Crippen LogP contribution in [-0.4, -0.2) is 43.2 Å². The van der Waals surface area contributed by atoms with Gasteiger partial charge in [-0.3, -0.25) is 4.79 Å². The average Bonchev–Trinajstić information content (AvgIpc) is 3.78. The molecule has 3 aromatic carbocycles. The molecule has 0 aromatic heterocycles. The molecule has 1 saturated carbocycles. The van der Waals surface area contributed by atoms with E-state index in [1.54, 1.807) is 12.1 Å². The van der Waals surface area contributed by atoms with E-state index < -0.39 is 23.2 Å². The molecule has 40 heavy (non-hydrogen) atoms. The minimum Gasteiger partial charge on any atom is -0.490 e. The highest BCUT2D eigenvalue weighted by Crippen LogP contribution is 2.34. The SMILES string of the molecule is Cc1cccc(CN(C(=O)C2=C(c3ccc(OCCOc4c(F)cc(F)cc4F)cc3)CCNC2)C2CC2)c1C. The molecule has 0 spiro atoms. The van der Waals surface area contributed by atoms with Gasteiger partial charge in [0.05, 0.1) is 0 Å². The number of hydrogen-bond acceptors (Lipinski definition) is 4. The van der Waals surface area contributed by atoms with Crippen molar-refractivity contribution in [3.8, 4) is 11.5 Å². The highest BCUT2D eigenvalue weighted by molar-refractivity contribution is 6.02. The van der Waals surface area contributed by atoms with Gasteiger partial charge in [-0.2, -0.15) is 0 Å². The van der Waals surface area contributed by atoms with E-state index in [0.717, 1.165) is 42.5 Å². The topological polar surface area (TPSA) is 50.8 Å². The van der Waals surface area contributed by atoms with Crippen LogP contribution in [-0.2, 0) is 11.3 Å². The Balaban J connectivity index is 1.26. The number of amides is 1. The number of rotatable bonds is 10. The van der Waals surface area contributed by atoms with Gasteiger partial charge in [0.1, 0.15) is 24.8 Å². The van der Waals surface area contributed by atoms with Crippen LogP contribution in [0.1, 0.15) is 41.5 Å². The van der Waals surface area contributed by atoms with Crippen molar-refractivity contribution >= 4 is 11.5 Å². The first kappa shape index (κ1) is 27.8.